The summed E-state index contributed by atoms with van der Waals surface area (Å²) in [6.45, 7) is 0. The molecule has 5 aromatic rings. The molecule has 34 heavy (non-hydrogen) atoms. The molecular formula is C26H17BrFNO5. The van der Waals surface area contributed by atoms with Crippen LogP contribution in [0.25, 0.3) is 21.5 Å². The SMILES string of the molecule is Oc1c(O)c(O)c(N(c2ccc(F)cc2)c2ccc3c(ccc4cc(Br)ccc43)c2)c(O)c1O. The first kappa shape index (κ1) is 21.7. The summed E-state index contributed by atoms with van der Waals surface area (Å²) in [6.07, 6.45) is 0. The van der Waals surface area contributed by atoms with Crippen molar-refractivity contribution in [2.45, 2.75) is 0 Å². The van der Waals surface area contributed by atoms with Crippen LogP contribution in [0.4, 0.5) is 21.5 Å². The van der Waals surface area contributed by atoms with Crippen LogP contribution in [0.1, 0.15) is 0 Å². The Morgan fingerprint density at radius 1 is 0.559 bits per heavy atom. The molecule has 0 fully saturated rings. The van der Waals surface area contributed by atoms with E-state index in [2.05, 4.69) is 15.9 Å². The molecule has 6 nitrogen and oxygen atoms in total. The van der Waals surface area contributed by atoms with Crippen LogP contribution in [-0.4, -0.2) is 25.5 Å². The van der Waals surface area contributed by atoms with Gasteiger partial charge in [0.2, 0.25) is 17.2 Å². The van der Waals surface area contributed by atoms with E-state index in [0.29, 0.717) is 11.4 Å². The fraction of sp³-hybridized carbons (Fsp3) is 0. The summed E-state index contributed by atoms with van der Waals surface area (Å²) in [6, 6.07) is 20.4. The van der Waals surface area contributed by atoms with E-state index in [-0.39, 0.29) is 5.69 Å². The monoisotopic (exact) mass is 521 g/mol. The smallest absolute Gasteiger partial charge is 0.208 e. The van der Waals surface area contributed by atoms with E-state index in [9.17, 15) is 29.9 Å². The summed E-state index contributed by atoms with van der Waals surface area (Å²) in [7, 11) is 0. The highest BCUT2D eigenvalue weighted by atomic mass is 79.9. The van der Waals surface area contributed by atoms with Gasteiger partial charge >= 0.3 is 0 Å². The van der Waals surface area contributed by atoms with Gasteiger partial charge in [-0.1, -0.05) is 40.2 Å². The topological polar surface area (TPSA) is 104 Å². The molecule has 0 aliphatic heterocycles. The lowest BCUT2D eigenvalue weighted by atomic mass is 10.0. The Labute approximate surface area is 201 Å². The van der Waals surface area contributed by atoms with E-state index in [1.165, 1.54) is 29.2 Å². The van der Waals surface area contributed by atoms with Gasteiger partial charge in [-0.15, -0.1) is 0 Å². The molecule has 0 unspecified atom stereocenters. The summed E-state index contributed by atoms with van der Waals surface area (Å²) >= 11 is 3.47. The second kappa shape index (κ2) is 8.00. The van der Waals surface area contributed by atoms with Crippen LogP contribution in [0.2, 0.25) is 0 Å². The van der Waals surface area contributed by atoms with Crippen molar-refractivity contribution in [2.24, 2.45) is 0 Å². The van der Waals surface area contributed by atoms with Crippen LogP contribution < -0.4 is 4.90 Å². The summed E-state index contributed by atoms with van der Waals surface area (Å²) < 4.78 is 14.6. The Morgan fingerprint density at radius 3 is 1.68 bits per heavy atom. The second-order valence-electron chi connectivity index (χ2n) is 7.74. The van der Waals surface area contributed by atoms with Crippen molar-refractivity contribution in [1.82, 2.24) is 0 Å². The molecule has 5 N–H and O–H groups in total. The number of fused-ring (bicyclic) bond motifs is 3. The van der Waals surface area contributed by atoms with Gasteiger partial charge in [0.15, 0.2) is 11.5 Å². The van der Waals surface area contributed by atoms with Crippen LogP contribution >= 0.6 is 15.9 Å². The number of rotatable bonds is 3. The Morgan fingerprint density at radius 2 is 1.06 bits per heavy atom. The van der Waals surface area contributed by atoms with Gasteiger partial charge in [-0.2, -0.15) is 0 Å². The lowest BCUT2D eigenvalue weighted by Crippen LogP contribution is -2.11. The van der Waals surface area contributed by atoms with Crippen LogP contribution in [0.5, 0.6) is 28.7 Å². The molecule has 8 heteroatoms. The molecule has 0 bridgehead atoms. The molecule has 170 valence electrons. The molecule has 0 atom stereocenters. The predicted octanol–water partition coefficient (Wildman–Crippen LogP) is 6.89. The highest BCUT2D eigenvalue weighted by molar-refractivity contribution is 9.10. The third-order valence-corrected chi connectivity index (χ3v) is 6.19. The van der Waals surface area contributed by atoms with Gasteiger partial charge in [0.05, 0.1) is 0 Å². The summed E-state index contributed by atoms with van der Waals surface area (Å²) in [5, 5.41) is 55.2. The maximum atomic E-state index is 13.6. The molecular weight excluding hydrogens is 505 g/mol. The van der Waals surface area contributed by atoms with Crippen molar-refractivity contribution in [3.63, 3.8) is 0 Å². The fourth-order valence-corrected chi connectivity index (χ4v) is 4.43. The Balaban J connectivity index is 1.79. The van der Waals surface area contributed by atoms with Gasteiger partial charge in [-0.3, -0.25) is 0 Å². The largest absolute Gasteiger partial charge is 0.503 e. The van der Waals surface area contributed by atoms with Crippen molar-refractivity contribution >= 4 is 54.5 Å². The molecule has 0 saturated carbocycles. The number of hydrogen-bond donors (Lipinski definition) is 5. The second-order valence-corrected chi connectivity index (χ2v) is 8.66. The van der Waals surface area contributed by atoms with Crippen molar-refractivity contribution < 1.29 is 29.9 Å². The average molecular weight is 522 g/mol. The van der Waals surface area contributed by atoms with E-state index >= 15 is 0 Å². The number of hydrogen-bond acceptors (Lipinski definition) is 6. The molecule has 0 heterocycles. The van der Waals surface area contributed by atoms with E-state index < -0.39 is 34.6 Å². The lowest BCUT2D eigenvalue weighted by Gasteiger charge is -2.28. The minimum atomic E-state index is -1.06. The molecule has 0 aliphatic carbocycles. The molecule has 0 spiro atoms. The normalized spacial score (nSPS) is 11.2. The zero-order valence-corrected chi connectivity index (χ0v) is 19.0. The van der Waals surface area contributed by atoms with E-state index in [4.69, 9.17) is 0 Å². The third-order valence-electron chi connectivity index (χ3n) is 5.69. The van der Waals surface area contributed by atoms with Crippen LogP contribution in [-0.2, 0) is 0 Å². The summed E-state index contributed by atoms with van der Waals surface area (Å²) in [5.74, 6) is -5.29. The first-order valence-corrected chi connectivity index (χ1v) is 10.9. The first-order valence-electron chi connectivity index (χ1n) is 10.1. The first-order chi connectivity index (χ1) is 16.3. The van der Waals surface area contributed by atoms with E-state index in [1.54, 1.807) is 12.1 Å². The average Bonchev–Trinajstić information content (AvgIpc) is 2.84. The maximum Gasteiger partial charge on any atom is 0.208 e. The fourth-order valence-electron chi connectivity index (χ4n) is 4.05. The van der Waals surface area contributed by atoms with Gasteiger partial charge in [0, 0.05) is 15.8 Å². The van der Waals surface area contributed by atoms with Gasteiger partial charge in [0.25, 0.3) is 0 Å². The van der Waals surface area contributed by atoms with Gasteiger partial charge in [-0.25, -0.2) is 4.39 Å². The van der Waals surface area contributed by atoms with Crippen molar-refractivity contribution in [3.05, 3.63) is 83.1 Å². The van der Waals surface area contributed by atoms with Crippen LogP contribution in [0.3, 0.4) is 0 Å². The third kappa shape index (κ3) is 3.39. The van der Waals surface area contributed by atoms with Crippen molar-refractivity contribution in [2.75, 3.05) is 4.90 Å². The Bertz CT molecular complexity index is 1560. The number of benzene rings is 5. The number of phenolic OH excluding ortho intramolecular Hbond substituents is 5. The number of phenols is 5. The standard InChI is InChI=1S/C26H17BrFNO5/c27-15-3-9-19-13(11-15)1-2-14-12-18(8-10-20(14)19)29(17-6-4-16(28)5-7-17)21-22(30)24(32)26(34)25(33)23(21)31/h1-12,30-34H. The lowest BCUT2D eigenvalue weighted by molar-refractivity contribution is 0.329. The van der Waals surface area contributed by atoms with Crippen LogP contribution in [0.15, 0.2) is 77.3 Å². The van der Waals surface area contributed by atoms with Gasteiger partial charge in [-0.05, 0) is 70.1 Å². The summed E-state index contributed by atoms with van der Waals surface area (Å²) in [4.78, 5) is 1.34. The van der Waals surface area contributed by atoms with E-state index in [1.807, 2.05) is 36.4 Å². The number of nitrogens with zero attached hydrogens (tertiary/aromatic N) is 1. The van der Waals surface area contributed by atoms with Crippen molar-refractivity contribution in [3.8, 4) is 28.7 Å². The molecule has 0 aromatic heterocycles. The van der Waals surface area contributed by atoms with E-state index in [0.717, 1.165) is 26.0 Å². The van der Waals surface area contributed by atoms with Crippen LogP contribution in [0, 0.1) is 5.82 Å². The maximum absolute atomic E-state index is 13.6. The highest BCUT2D eigenvalue weighted by Crippen LogP contribution is 2.58. The number of aromatic hydroxyl groups is 5. The van der Waals surface area contributed by atoms with Gasteiger partial charge < -0.3 is 30.4 Å². The molecule has 0 radical (unpaired) electrons. The molecule has 0 aliphatic rings. The van der Waals surface area contributed by atoms with Crippen molar-refractivity contribution in [1.29, 1.82) is 0 Å². The zero-order valence-electron chi connectivity index (χ0n) is 17.4. The number of halogens is 2. The zero-order chi connectivity index (χ0) is 24.1. The Kier molecular flexibility index (Phi) is 5.10. The number of anilines is 3. The molecule has 5 rings (SSSR count). The minimum absolute atomic E-state index is 0.320. The Hall–Kier alpha value is -4.17. The highest BCUT2D eigenvalue weighted by Gasteiger charge is 2.29. The predicted molar refractivity (Wildman–Crippen MR) is 132 cm³/mol. The summed E-state index contributed by atoms with van der Waals surface area (Å²) in [5.41, 5.74) is 0.370. The molecule has 0 amide bonds. The molecule has 0 saturated heterocycles. The minimum Gasteiger partial charge on any atom is -0.503 e. The molecule has 5 aromatic carbocycles. The quantitative estimate of drug-likeness (QED) is 0.100. The van der Waals surface area contributed by atoms with Gasteiger partial charge in [0.1, 0.15) is 11.5 Å².